The summed E-state index contributed by atoms with van der Waals surface area (Å²) >= 11 is 1.69. The summed E-state index contributed by atoms with van der Waals surface area (Å²) in [5.41, 5.74) is 3.67. The largest absolute Gasteiger partial charge is 0.368 e. The van der Waals surface area contributed by atoms with Crippen LogP contribution in [0.15, 0.2) is 39.8 Å². The van der Waals surface area contributed by atoms with Crippen LogP contribution >= 0.6 is 11.3 Å². The van der Waals surface area contributed by atoms with Gasteiger partial charge in [-0.15, -0.1) is 4.40 Å². The van der Waals surface area contributed by atoms with Crippen LogP contribution in [0.3, 0.4) is 0 Å². The molecule has 0 atom stereocenters. The number of rotatable bonds is 6. The molecule has 1 aliphatic carbocycles. The third-order valence-electron chi connectivity index (χ3n) is 5.98. The van der Waals surface area contributed by atoms with Crippen LogP contribution in [-0.4, -0.2) is 86.8 Å². The van der Waals surface area contributed by atoms with E-state index < -0.39 is 10.0 Å². The number of aromatic nitrogens is 3. The SMILES string of the molecule is CN(C)/C=N/S(=O)(=O)c1cccc(Nc2ncc3c(n2)-c2sc(N4CCN(C)CC4)nc2CC3)c1. The number of nitrogens with one attached hydrogen (secondary N) is 1. The van der Waals surface area contributed by atoms with Crippen LogP contribution in [0.4, 0.5) is 16.8 Å². The maximum atomic E-state index is 12.5. The molecule has 1 saturated heterocycles. The fourth-order valence-corrected chi connectivity index (χ4v) is 6.16. The van der Waals surface area contributed by atoms with Crippen molar-refractivity contribution in [1.82, 2.24) is 24.8 Å². The van der Waals surface area contributed by atoms with Crippen molar-refractivity contribution < 1.29 is 8.42 Å². The lowest BCUT2D eigenvalue weighted by Gasteiger charge is -2.32. The first kappa shape index (κ1) is 23.6. The Bertz CT molecular complexity index is 1360. The molecule has 2 aromatic heterocycles. The molecule has 1 fully saturated rings. The molecule has 35 heavy (non-hydrogen) atoms. The van der Waals surface area contributed by atoms with Crippen LogP contribution in [0, 0.1) is 0 Å². The van der Waals surface area contributed by atoms with Crippen molar-refractivity contribution in [3.63, 3.8) is 0 Å². The van der Waals surface area contributed by atoms with Gasteiger partial charge < -0.3 is 20.0 Å². The predicted molar refractivity (Wildman–Crippen MR) is 139 cm³/mol. The fraction of sp³-hybridized carbons (Fsp3) is 0.391. The topological polar surface area (TPSA) is 107 Å². The van der Waals surface area contributed by atoms with Crippen molar-refractivity contribution in [2.45, 2.75) is 17.7 Å². The Morgan fingerprint density at radius 1 is 1.14 bits per heavy atom. The maximum Gasteiger partial charge on any atom is 0.283 e. The molecule has 5 rings (SSSR count). The second-order valence-electron chi connectivity index (χ2n) is 8.94. The molecule has 0 bridgehead atoms. The van der Waals surface area contributed by atoms with Gasteiger partial charge in [-0.3, -0.25) is 0 Å². The molecule has 0 spiro atoms. The van der Waals surface area contributed by atoms with E-state index in [0.717, 1.165) is 66.0 Å². The molecular weight excluding hydrogens is 484 g/mol. The molecule has 0 unspecified atom stereocenters. The fourth-order valence-electron chi connectivity index (χ4n) is 4.01. The lowest BCUT2D eigenvalue weighted by Crippen LogP contribution is -2.44. The Morgan fingerprint density at radius 3 is 2.71 bits per heavy atom. The number of piperazine rings is 1. The summed E-state index contributed by atoms with van der Waals surface area (Å²) in [5.74, 6) is 0.414. The van der Waals surface area contributed by atoms with E-state index in [9.17, 15) is 8.42 Å². The van der Waals surface area contributed by atoms with Gasteiger partial charge in [0.15, 0.2) is 5.13 Å². The number of thiazole rings is 1. The van der Waals surface area contributed by atoms with Crippen molar-refractivity contribution >= 4 is 44.5 Å². The summed E-state index contributed by atoms with van der Waals surface area (Å²) in [6, 6.07) is 6.50. The van der Waals surface area contributed by atoms with Gasteiger partial charge in [0.2, 0.25) is 5.95 Å². The van der Waals surface area contributed by atoms with Gasteiger partial charge in [0, 0.05) is 52.2 Å². The number of hydrogen-bond acceptors (Lipinski definition) is 9. The molecule has 1 aliphatic heterocycles. The zero-order chi connectivity index (χ0) is 24.6. The molecule has 12 heteroatoms. The van der Waals surface area contributed by atoms with Gasteiger partial charge in [0.1, 0.15) is 6.34 Å². The maximum absolute atomic E-state index is 12.5. The molecule has 1 N–H and O–H groups in total. The van der Waals surface area contributed by atoms with Crippen LogP contribution in [-0.2, 0) is 22.9 Å². The first-order valence-corrected chi connectivity index (χ1v) is 13.7. The molecule has 1 aromatic carbocycles. The van der Waals surface area contributed by atoms with E-state index in [0.29, 0.717) is 11.6 Å². The standard InChI is InChI=1S/C23H28N8O2S2/c1-29(2)15-25-35(32,33)18-6-4-5-17(13-18)26-22-24-14-16-7-8-19-21(20(16)28-22)34-23(27-19)31-11-9-30(3)10-12-31/h4-6,13-15H,7-12H2,1-3H3,(H,24,26,28)/b25-15+. The number of nitrogens with zero attached hydrogens (tertiary/aromatic N) is 7. The summed E-state index contributed by atoms with van der Waals surface area (Å²) < 4.78 is 28.8. The predicted octanol–water partition coefficient (Wildman–Crippen LogP) is 2.47. The molecule has 2 aliphatic rings. The van der Waals surface area contributed by atoms with Crippen molar-refractivity contribution in [2.24, 2.45) is 4.40 Å². The molecule has 0 amide bonds. The molecule has 0 saturated carbocycles. The first-order chi connectivity index (χ1) is 16.8. The number of hydrogen-bond donors (Lipinski definition) is 1. The minimum absolute atomic E-state index is 0.0973. The summed E-state index contributed by atoms with van der Waals surface area (Å²) in [4.78, 5) is 21.7. The number of fused-ring (bicyclic) bond motifs is 3. The van der Waals surface area contributed by atoms with Gasteiger partial charge in [-0.25, -0.2) is 15.0 Å². The Morgan fingerprint density at radius 2 is 1.94 bits per heavy atom. The van der Waals surface area contributed by atoms with E-state index in [2.05, 4.69) is 31.5 Å². The van der Waals surface area contributed by atoms with Gasteiger partial charge in [-0.1, -0.05) is 17.4 Å². The van der Waals surface area contributed by atoms with Gasteiger partial charge in [0.25, 0.3) is 10.0 Å². The number of likely N-dealkylation sites (N-methyl/N-ethyl adjacent to an activating group) is 1. The number of sulfonamides is 1. The minimum Gasteiger partial charge on any atom is -0.368 e. The van der Waals surface area contributed by atoms with E-state index in [1.807, 2.05) is 6.20 Å². The summed E-state index contributed by atoms with van der Waals surface area (Å²) in [6.07, 6.45) is 4.86. The first-order valence-electron chi connectivity index (χ1n) is 11.4. The van der Waals surface area contributed by atoms with Crippen LogP contribution < -0.4 is 10.2 Å². The van der Waals surface area contributed by atoms with E-state index in [1.165, 1.54) is 18.5 Å². The van der Waals surface area contributed by atoms with Gasteiger partial charge in [-0.2, -0.15) is 8.42 Å². The van der Waals surface area contributed by atoms with E-state index >= 15 is 0 Å². The highest BCUT2D eigenvalue weighted by Gasteiger charge is 2.26. The third-order valence-corrected chi connectivity index (χ3v) is 8.36. The van der Waals surface area contributed by atoms with E-state index in [4.69, 9.17) is 9.97 Å². The third kappa shape index (κ3) is 5.14. The Hall–Kier alpha value is -3.09. The molecule has 184 valence electrons. The van der Waals surface area contributed by atoms with Gasteiger partial charge >= 0.3 is 0 Å². The van der Waals surface area contributed by atoms with Crippen LogP contribution in [0.1, 0.15) is 11.3 Å². The lowest BCUT2D eigenvalue weighted by atomic mass is 10.00. The highest BCUT2D eigenvalue weighted by Crippen LogP contribution is 2.40. The normalized spacial score (nSPS) is 16.3. The Balaban J connectivity index is 1.40. The number of benzene rings is 1. The molecule has 3 aromatic rings. The summed E-state index contributed by atoms with van der Waals surface area (Å²) in [6.45, 7) is 4.02. The van der Waals surface area contributed by atoms with Crippen LogP contribution in [0.5, 0.6) is 0 Å². The molecule has 0 radical (unpaired) electrons. The van der Waals surface area contributed by atoms with Crippen molar-refractivity contribution in [1.29, 1.82) is 0 Å². The van der Waals surface area contributed by atoms with Gasteiger partial charge in [-0.05, 0) is 43.7 Å². The van der Waals surface area contributed by atoms with Crippen LogP contribution in [0.25, 0.3) is 10.6 Å². The number of anilines is 3. The van der Waals surface area contributed by atoms with Gasteiger partial charge in [0.05, 0.1) is 21.2 Å². The smallest absolute Gasteiger partial charge is 0.283 e. The van der Waals surface area contributed by atoms with Crippen LogP contribution in [0.2, 0.25) is 0 Å². The summed E-state index contributed by atoms with van der Waals surface area (Å²) in [7, 11) is 1.77. The zero-order valence-corrected chi connectivity index (χ0v) is 21.6. The Kier molecular flexibility index (Phi) is 6.43. The minimum atomic E-state index is -3.80. The Labute approximate surface area is 209 Å². The van der Waals surface area contributed by atoms with E-state index in [1.54, 1.807) is 42.5 Å². The molecule has 3 heterocycles. The second kappa shape index (κ2) is 9.51. The second-order valence-corrected chi connectivity index (χ2v) is 11.6. The zero-order valence-electron chi connectivity index (χ0n) is 20.0. The summed E-state index contributed by atoms with van der Waals surface area (Å²) in [5, 5.41) is 4.21. The average molecular weight is 513 g/mol. The highest BCUT2D eigenvalue weighted by atomic mass is 32.2. The average Bonchev–Trinajstić information content (AvgIpc) is 3.28. The lowest BCUT2D eigenvalue weighted by molar-refractivity contribution is 0.312. The monoisotopic (exact) mass is 512 g/mol. The van der Waals surface area contributed by atoms with Crippen molar-refractivity contribution in [2.75, 3.05) is 57.5 Å². The molecule has 10 nitrogen and oxygen atoms in total. The number of aryl methyl sites for hydroxylation is 2. The quantitative estimate of drug-likeness (QED) is 0.394. The molecular formula is C23H28N8O2S2. The van der Waals surface area contributed by atoms with Crippen molar-refractivity contribution in [3.8, 4) is 10.6 Å². The van der Waals surface area contributed by atoms with E-state index in [-0.39, 0.29) is 4.90 Å². The van der Waals surface area contributed by atoms with Crippen molar-refractivity contribution in [3.05, 3.63) is 41.7 Å². The highest BCUT2D eigenvalue weighted by molar-refractivity contribution is 7.90.